The molecule has 6 heteroatoms. The average Bonchev–Trinajstić information content (AvgIpc) is 2.33. The Bertz CT molecular complexity index is 580. The van der Waals surface area contributed by atoms with E-state index in [1.165, 1.54) is 19.4 Å². The van der Waals surface area contributed by atoms with Gasteiger partial charge in [-0.15, -0.1) is 0 Å². The van der Waals surface area contributed by atoms with Crippen LogP contribution in [0.3, 0.4) is 0 Å². The van der Waals surface area contributed by atoms with E-state index in [9.17, 15) is 4.39 Å². The Kier molecular flexibility index (Phi) is 4.04. The number of anilines is 2. The maximum Gasteiger partial charge on any atom is 0.167 e. The molecule has 0 bridgehead atoms. The molecule has 94 valence electrons. The summed E-state index contributed by atoms with van der Waals surface area (Å²) in [6.45, 7) is 0. The van der Waals surface area contributed by atoms with Gasteiger partial charge in [-0.2, -0.15) is 0 Å². The molecule has 18 heavy (non-hydrogen) atoms. The van der Waals surface area contributed by atoms with Crippen molar-refractivity contribution in [2.45, 2.75) is 0 Å². The van der Waals surface area contributed by atoms with E-state index >= 15 is 0 Å². The number of nitrogens with zero attached hydrogens (tertiary/aromatic N) is 1. The van der Waals surface area contributed by atoms with Crippen molar-refractivity contribution in [2.75, 3.05) is 12.4 Å². The normalized spacial score (nSPS) is 10.2. The zero-order valence-corrected chi connectivity index (χ0v) is 11.7. The maximum absolute atomic E-state index is 13.5. The molecule has 0 aliphatic rings. The van der Waals surface area contributed by atoms with Gasteiger partial charge in [0.05, 0.1) is 16.6 Å². The minimum Gasteiger partial charge on any atom is -0.494 e. The number of hydrogen-bond donors (Lipinski definition) is 1. The standard InChI is InChI=1S/C12H9BrClFN2O/c1-18-11-3-2-8(5-10(11)15)17-12-9(13)4-7(14)6-16-12/h2-6H,1H3,(H,16,17). The molecule has 2 aromatic rings. The van der Waals surface area contributed by atoms with E-state index in [2.05, 4.69) is 26.2 Å². The van der Waals surface area contributed by atoms with Crippen LogP contribution in [0.1, 0.15) is 0 Å². The molecule has 0 amide bonds. The van der Waals surface area contributed by atoms with E-state index in [0.29, 0.717) is 21.0 Å². The van der Waals surface area contributed by atoms with Gasteiger partial charge in [0.2, 0.25) is 0 Å². The predicted molar refractivity (Wildman–Crippen MR) is 73.2 cm³/mol. The largest absolute Gasteiger partial charge is 0.494 e. The van der Waals surface area contributed by atoms with Crippen molar-refractivity contribution in [3.63, 3.8) is 0 Å². The third kappa shape index (κ3) is 2.91. The van der Waals surface area contributed by atoms with Crippen LogP contribution in [0.15, 0.2) is 34.9 Å². The monoisotopic (exact) mass is 330 g/mol. The second kappa shape index (κ2) is 5.54. The van der Waals surface area contributed by atoms with Crippen LogP contribution in [0, 0.1) is 5.82 Å². The summed E-state index contributed by atoms with van der Waals surface area (Å²) in [5.74, 6) is 0.320. The van der Waals surface area contributed by atoms with Crippen LogP contribution >= 0.6 is 27.5 Å². The lowest BCUT2D eigenvalue weighted by Crippen LogP contribution is -1.96. The van der Waals surface area contributed by atoms with Gasteiger partial charge in [0.1, 0.15) is 5.82 Å². The molecule has 0 fully saturated rings. The van der Waals surface area contributed by atoms with Crippen molar-refractivity contribution in [1.29, 1.82) is 0 Å². The number of rotatable bonds is 3. The molecular weight excluding hydrogens is 323 g/mol. The second-order valence-corrected chi connectivity index (χ2v) is 4.75. The van der Waals surface area contributed by atoms with Gasteiger partial charge in [-0.3, -0.25) is 0 Å². The summed E-state index contributed by atoms with van der Waals surface area (Å²) in [6.07, 6.45) is 1.51. The first-order chi connectivity index (χ1) is 8.60. The Hall–Kier alpha value is -1.33. The van der Waals surface area contributed by atoms with Gasteiger partial charge in [-0.05, 0) is 34.1 Å². The van der Waals surface area contributed by atoms with Gasteiger partial charge < -0.3 is 10.1 Å². The Balaban J connectivity index is 2.26. The van der Waals surface area contributed by atoms with E-state index in [1.54, 1.807) is 18.2 Å². The molecule has 0 saturated heterocycles. The molecule has 0 unspecified atom stereocenters. The minimum atomic E-state index is -0.437. The molecular formula is C12H9BrClFN2O. The lowest BCUT2D eigenvalue weighted by molar-refractivity contribution is 0.386. The number of ether oxygens (including phenoxy) is 1. The van der Waals surface area contributed by atoms with Crippen molar-refractivity contribution < 1.29 is 9.13 Å². The first-order valence-electron chi connectivity index (χ1n) is 5.02. The van der Waals surface area contributed by atoms with Gasteiger partial charge in [0.25, 0.3) is 0 Å². The first-order valence-corrected chi connectivity index (χ1v) is 6.19. The van der Waals surface area contributed by atoms with E-state index in [1.807, 2.05) is 0 Å². The number of pyridine rings is 1. The number of hydrogen-bond acceptors (Lipinski definition) is 3. The van der Waals surface area contributed by atoms with Crippen molar-refractivity contribution in [2.24, 2.45) is 0 Å². The third-order valence-electron chi connectivity index (χ3n) is 2.22. The Morgan fingerprint density at radius 2 is 2.17 bits per heavy atom. The van der Waals surface area contributed by atoms with E-state index in [-0.39, 0.29) is 5.75 Å². The maximum atomic E-state index is 13.5. The fourth-order valence-electron chi connectivity index (χ4n) is 1.39. The Morgan fingerprint density at radius 1 is 1.39 bits per heavy atom. The molecule has 0 spiro atoms. The van der Waals surface area contributed by atoms with Gasteiger partial charge in [-0.1, -0.05) is 11.6 Å². The molecule has 3 nitrogen and oxygen atoms in total. The summed E-state index contributed by atoms with van der Waals surface area (Å²) < 4.78 is 19.0. The molecule has 0 radical (unpaired) electrons. The highest BCUT2D eigenvalue weighted by Gasteiger charge is 2.06. The average molecular weight is 332 g/mol. The fourth-order valence-corrected chi connectivity index (χ4v) is 2.13. The Morgan fingerprint density at radius 3 is 2.78 bits per heavy atom. The summed E-state index contributed by atoms with van der Waals surface area (Å²) in [5, 5.41) is 3.50. The number of nitrogens with one attached hydrogen (secondary N) is 1. The van der Waals surface area contributed by atoms with Crippen molar-refractivity contribution in [1.82, 2.24) is 4.98 Å². The van der Waals surface area contributed by atoms with Crippen LogP contribution in [0.25, 0.3) is 0 Å². The molecule has 1 N–H and O–H groups in total. The summed E-state index contributed by atoms with van der Waals surface area (Å²) in [5.41, 5.74) is 0.573. The van der Waals surface area contributed by atoms with Crippen molar-refractivity contribution in [3.8, 4) is 5.75 Å². The lowest BCUT2D eigenvalue weighted by atomic mass is 10.3. The van der Waals surface area contributed by atoms with Crippen LogP contribution < -0.4 is 10.1 Å². The molecule has 1 aromatic heterocycles. The molecule has 0 saturated carbocycles. The van der Waals surface area contributed by atoms with Crippen LogP contribution in [-0.4, -0.2) is 12.1 Å². The fraction of sp³-hybridized carbons (Fsp3) is 0.0833. The SMILES string of the molecule is COc1ccc(Nc2ncc(Cl)cc2Br)cc1F. The Labute approximate surface area is 117 Å². The number of halogens is 3. The summed E-state index contributed by atoms with van der Waals surface area (Å²) >= 11 is 9.11. The van der Waals surface area contributed by atoms with Gasteiger partial charge in [-0.25, -0.2) is 9.37 Å². The third-order valence-corrected chi connectivity index (χ3v) is 3.03. The van der Waals surface area contributed by atoms with Gasteiger partial charge in [0.15, 0.2) is 11.6 Å². The number of benzene rings is 1. The quantitative estimate of drug-likeness (QED) is 0.906. The highest BCUT2D eigenvalue weighted by Crippen LogP contribution is 2.28. The van der Waals surface area contributed by atoms with Crippen LogP contribution in [0.4, 0.5) is 15.9 Å². The van der Waals surface area contributed by atoms with Gasteiger partial charge >= 0.3 is 0 Å². The number of aromatic nitrogens is 1. The van der Waals surface area contributed by atoms with E-state index in [0.717, 1.165) is 0 Å². The summed E-state index contributed by atoms with van der Waals surface area (Å²) in [4.78, 5) is 4.10. The highest BCUT2D eigenvalue weighted by atomic mass is 79.9. The van der Waals surface area contributed by atoms with E-state index < -0.39 is 5.82 Å². The highest BCUT2D eigenvalue weighted by molar-refractivity contribution is 9.10. The van der Waals surface area contributed by atoms with Crippen molar-refractivity contribution >= 4 is 39.0 Å². The van der Waals surface area contributed by atoms with E-state index in [4.69, 9.17) is 16.3 Å². The topological polar surface area (TPSA) is 34.1 Å². The van der Waals surface area contributed by atoms with Crippen LogP contribution in [0.5, 0.6) is 5.75 Å². The minimum absolute atomic E-state index is 0.198. The zero-order chi connectivity index (χ0) is 13.1. The smallest absolute Gasteiger partial charge is 0.167 e. The molecule has 0 aliphatic heterocycles. The van der Waals surface area contributed by atoms with Gasteiger partial charge in [0, 0.05) is 18.0 Å². The number of methoxy groups -OCH3 is 1. The van der Waals surface area contributed by atoms with Crippen LogP contribution in [-0.2, 0) is 0 Å². The van der Waals surface area contributed by atoms with Crippen LogP contribution in [0.2, 0.25) is 5.02 Å². The second-order valence-electron chi connectivity index (χ2n) is 3.46. The predicted octanol–water partition coefficient (Wildman–Crippen LogP) is 4.39. The molecule has 2 rings (SSSR count). The molecule has 0 aliphatic carbocycles. The lowest BCUT2D eigenvalue weighted by Gasteiger charge is -2.09. The summed E-state index contributed by atoms with van der Waals surface area (Å²) in [6, 6.07) is 6.28. The molecule has 1 aromatic carbocycles. The first kappa shape index (κ1) is 13.1. The summed E-state index contributed by atoms with van der Waals surface area (Å²) in [7, 11) is 1.42. The molecule has 0 atom stereocenters. The van der Waals surface area contributed by atoms with Crippen molar-refractivity contribution in [3.05, 3.63) is 45.8 Å². The zero-order valence-electron chi connectivity index (χ0n) is 9.38. The molecule has 1 heterocycles.